The molecule has 0 aliphatic carbocycles. The molecular formula is C15H20N2O3S. The average Bonchev–Trinajstić information content (AvgIpc) is 2.41. The van der Waals surface area contributed by atoms with Gasteiger partial charge in [0.25, 0.3) is 0 Å². The Labute approximate surface area is 129 Å². The third kappa shape index (κ3) is 5.91. The summed E-state index contributed by atoms with van der Waals surface area (Å²) >= 11 is 5.08. The van der Waals surface area contributed by atoms with Gasteiger partial charge in [0.2, 0.25) is 5.91 Å². The summed E-state index contributed by atoms with van der Waals surface area (Å²) in [5.74, 6) is -1.09. The van der Waals surface area contributed by atoms with Gasteiger partial charge in [0, 0.05) is 12.1 Å². The van der Waals surface area contributed by atoms with Gasteiger partial charge in [-0.15, -0.1) is 0 Å². The zero-order valence-corrected chi connectivity index (χ0v) is 13.0. The van der Waals surface area contributed by atoms with Crippen molar-refractivity contribution in [2.45, 2.75) is 39.5 Å². The lowest BCUT2D eigenvalue weighted by molar-refractivity contribution is -0.119. The van der Waals surface area contributed by atoms with Crippen LogP contribution in [0.1, 0.15) is 48.5 Å². The summed E-state index contributed by atoms with van der Waals surface area (Å²) in [5, 5.41) is 14.6. The molecule has 5 nitrogen and oxygen atoms in total. The third-order valence-corrected chi connectivity index (χ3v) is 3.19. The molecule has 114 valence electrons. The molecule has 0 aliphatic heterocycles. The van der Waals surface area contributed by atoms with E-state index in [0.29, 0.717) is 12.1 Å². The Hall–Kier alpha value is -1.95. The molecule has 0 radical (unpaired) electrons. The first-order valence-electron chi connectivity index (χ1n) is 6.88. The van der Waals surface area contributed by atoms with E-state index in [2.05, 4.69) is 17.6 Å². The number of aromatic carboxylic acids is 1. The maximum absolute atomic E-state index is 11.6. The summed E-state index contributed by atoms with van der Waals surface area (Å²) in [7, 11) is 0. The number of rotatable bonds is 6. The van der Waals surface area contributed by atoms with Crippen molar-refractivity contribution in [1.82, 2.24) is 5.32 Å². The Morgan fingerprint density at radius 3 is 2.57 bits per heavy atom. The van der Waals surface area contributed by atoms with Crippen LogP contribution in [0.5, 0.6) is 0 Å². The predicted octanol–water partition coefficient (Wildman–Crippen LogP) is 3.09. The van der Waals surface area contributed by atoms with E-state index in [1.165, 1.54) is 6.07 Å². The highest BCUT2D eigenvalue weighted by atomic mass is 32.1. The summed E-state index contributed by atoms with van der Waals surface area (Å²) < 4.78 is 0. The number of carbonyl (C=O) groups excluding carboxylic acids is 1. The van der Waals surface area contributed by atoms with Crippen LogP contribution in [0.25, 0.3) is 0 Å². The lowest BCUT2D eigenvalue weighted by Crippen LogP contribution is -2.34. The average molecular weight is 308 g/mol. The molecule has 0 fully saturated rings. The number of hydrogen-bond acceptors (Lipinski definition) is 3. The summed E-state index contributed by atoms with van der Waals surface area (Å²) in [6.07, 6.45) is 3.37. The van der Waals surface area contributed by atoms with Gasteiger partial charge in [-0.2, -0.15) is 0 Å². The SMILES string of the molecule is CCCCCC(=O)NC(=S)Nc1ccc(C(=O)O)cc1C. The molecule has 0 saturated carbocycles. The van der Waals surface area contributed by atoms with Crippen LogP contribution in [-0.4, -0.2) is 22.1 Å². The molecule has 0 spiro atoms. The smallest absolute Gasteiger partial charge is 0.335 e. The van der Waals surface area contributed by atoms with Crippen molar-refractivity contribution in [3.63, 3.8) is 0 Å². The van der Waals surface area contributed by atoms with E-state index in [-0.39, 0.29) is 16.6 Å². The minimum absolute atomic E-state index is 0.110. The van der Waals surface area contributed by atoms with Crippen molar-refractivity contribution < 1.29 is 14.7 Å². The van der Waals surface area contributed by atoms with Crippen molar-refractivity contribution in [3.05, 3.63) is 29.3 Å². The van der Waals surface area contributed by atoms with E-state index in [1.807, 2.05) is 0 Å². The van der Waals surface area contributed by atoms with Crippen LogP contribution in [-0.2, 0) is 4.79 Å². The van der Waals surface area contributed by atoms with Crippen LogP contribution < -0.4 is 10.6 Å². The number of thiocarbonyl (C=S) groups is 1. The molecule has 1 aromatic carbocycles. The van der Waals surface area contributed by atoms with E-state index in [1.54, 1.807) is 19.1 Å². The Morgan fingerprint density at radius 1 is 1.29 bits per heavy atom. The normalized spacial score (nSPS) is 10.0. The van der Waals surface area contributed by atoms with Crippen LogP contribution in [0.2, 0.25) is 0 Å². The molecule has 0 saturated heterocycles. The van der Waals surface area contributed by atoms with Crippen LogP contribution in [0.15, 0.2) is 18.2 Å². The standard InChI is InChI=1S/C15H20N2O3S/c1-3-4-5-6-13(18)17-15(21)16-12-8-7-11(14(19)20)9-10(12)2/h7-9H,3-6H2,1-2H3,(H,19,20)(H2,16,17,18,21). The van der Waals surface area contributed by atoms with Gasteiger partial charge in [0.05, 0.1) is 5.56 Å². The van der Waals surface area contributed by atoms with Gasteiger partial charge in [-0.1, -0.05) is 19.8 Å². The number of hydrogen-bond donors (Lipinski definition) is 3. The van der Waals surface area contributed by atoms with Gasteiger partial charge >= 0.3 is 5.97 Å². The number of carboxylic acid groups (broad SMARTS) is 1. The molecule has 0 aromatic heterocycles. The van der Waals surface area contributed by atoms with Crippen LogP contribution in [0.3, 0.4) is 0 Å². The summed E-state index contributed by atoms with van der Waals surface area (Å²) in [4.78, 5) is 22.5. The van der Waals surface area contributed by atoms with Crippen LogP contribution >= 0.6 is 12.2 Å². The number of carbonyl (C=O) groups is 2. The molecular weight excluding hydrogens is 288 g/mol. The molecule has 0 aliphatic rings. The summed E-state index contributed by atoms with van der Waals surface area (Å²) in [6.45, 7) is 3.86. The van der Waals surface area contributed by atoms with Gasteiger partial charge in [-0.3, -0.25) is 4.79 Å². The number of benzene rings is 1. The topological polar surface area (TPSA) is 78.4 Å². The highest BCUT2D eigenvalue weighted by molar-refractivity contribution is 7.80. The van der Waals surface area contributed by atoms with E-state index < -0.39 is 5.97 Å². The predicted molar refractivity (Wildman–Crippen MR) is 86.6 cm³/mol. The van der Waals surface area contributed by atoms with Crippen LogP contribution in [0, 0.1) is 6.92 Å². The molecule has 6 heteroatoms. The Balaban J connectivity index is 2.55. The van der Waals surface area contributed by atoms with E-state index in [0.717, 1.165) is 24.8 Å². The number of carboxylic acids is 1. The Morgan fingerprint density at radius 2 is 2.00 bits per heavy atom. The van der Waals surface area contributed by atoms with Gasteiger partial charge in [0.15, 0.2) is 5.11 Å². The Kier molecular flexibility index (Phi) is 6.81. The first-order valence-corrected chi connectivity index (χ1v) is 7.29. The highest BCUT2D eigenvalue weighted by Gasteiger charge is 2.08. The van der Waals surface area contributed by atoms with Crippen molar-refractivity contribution in [1.29, 1.82) is 0 Å². The van der Waals surface area contributed by atoms with Crippen molar-refractivity contribution in [2.75, 3.05) is 5.32 Å². The zero-order chi connectivity index (χ0) is 15.8. The highest BCUT2D eigenvalue weighted by Crippen LogP contribution is 2.16. The minimum Gasteiger partial charge on any atom is -0.478 e. The second kappa shape index (κ2) is 8.36. The van der Waals surface area contributed by atoms with Gasteiger partial charge in [0.1, 0.15) is 0 Å². The molecule has 0 atom stereocenters. The minimum atomic E-state index is -0.976. The number of amides is 1. The zero-order valence-electron chi connectivity index (χ0n) is 12.2. The molecule has 0 heterocycles. The number of aryl methyl sites for hydroxylation is 1. The van der Waals surface area contributed by atoms with Gasteiger partial charge < -0.3 is 15.7 Å². The largest absolute Gasteiger partial charge is 0.478 e. The van der Waals surface area contributed by atoms with Gasteiger partial charge in [-0.05, 0) is 49.3 Å². The molecule has 21 heavy (non-hydrogen) atoms. The monoisotopic (exact) mass is 308 g/mol. The van der Waals surface area contributed by atoms with E-state index in [9.17, 15) is 9.59 Å². The molecule has 3 N–H and O–H groups in total. The third-order valence-electron chi connectivity index (χ3n) is 2.98. The second-order valence-electron chi connectivity index (χ2n) is 4.79. The molecule has 1 amide bonds. The van der Waals surface area contributed by atoms with Crippen LogP contribution in [0.4, 0.5) is 5.69 Å². The first-order chi connectivity index (χ1) is 9.93. The molecule has 1 aromatic rings. The fourth-order valence-electron chi connectivity index (χ4n) is 1.82. The maximum Gasteiger partial charge on any atom is 0.335 e. The Bertz CT molecular complexity index is 544. The first kappa shape index (κ1) is 17.1. The molecule has 0 unspecified atom stereocenters. The quantitative estimate of drug-likeness (QED) is 0.556. The summed E-state index contributed by atoms with van der Waals surface area (Å²) in [6, 6.07) is 4.67. The number of unbranched alkanes of at least 4 members (excludes halogenated alkanes) is 2. The fraction of sp³-hybridized carbons (Fsp3) is 0.400. The number of anilines is 1. The van der Waals surface area contributed by atoms with Gasteiger partial charge in [-0.25, -0.2) is 4.79 Å². The van der Waals surface area contributed by atoms with Crippen molar-refractivity contribution >= 4 is 34.9 Å². The lowest BCUT2D eigenvalue weighted by Gasteiger charge is -2.12. The van der Waals surface area contributed by atoms with Crippen molar-refractivity contribution in [3.8, 4) is 0 Å². The maximum atomic E-state index is 11.6. The summed E-state index contributed by atoms with van der Waals surface area (Å²) in [5.41, 5.74) is 1.64. The fourth-order valence-corrected chi connectivity index (χ4v) is 2.04. The molecule has 1 rings (SSSR count). The second-order valence-corrected chi connectivity index (χ2v) is 5.20. The van der Waals surface area contributed by atoms with E-state index in [4.69, 9.17) is 17.3 Å². The molecule has 0 bridgehead atoms. The van der Waals surface area contributed by atoms with E-state index >= 15 is 0 Å². The lowest BCUT2D eigenvalue weighted by atomic mass is 10.1. The van der Waals surface area contributed by atoms with Crippen molar-refractivity contribution in [2.24, 2.45) is 0 Å². The number of nitrogens with one attached hydrogen (secondary N) is 2.